The van der Waals surface area contributed by atoms with Crippen LogP contribution in [0.2, 0.25) is 5.02 Å². The summed E-state index contributed by atoms with van der Waals surface area (Å²) in [6, 6.07) is 6.31. The summed E-state index contributed by atoms with van der Waals surface area (Å²) in [5.41, 5.74) is 3.97. The maximum atomic E-state index is 12.4. The van der Waals surface area contributed by atoms with Crippen molar-refractivity contribution < 1.29 is 8.42 Å². The van der Waals surface area contributed by atoms with Gasteiger partial charge in [-0.15, -0.1) is 0 Å². The number of rotatable bonds is 5. The largest absolute Gasteiger partial charge is 0.223 e. The van der Waals surface area contributed by atoms with Gasteiger partial charge in [0.2, 0.25) is 0 Å². The van der Waals surface area contributed by atoms with Crippen LogP contribution in [0.1, 0.15) is 47.0 Å². The molecule has 1 aromatic carbocycles. The summed E-state index contributed by atoms with van der Waals surface area (Å²) in [5, 5.41) is 0.535. The highest BCUT2D eigenvalue weighted by Crippen LogP contribution is 2.40. The zero-order chi connectivity index (χ0) is 18.7. The molecule has 0 atom stereocenters. The Morgan fingerprint density at radius 1 is 1.24 bits per heavy atom. The second kappa shape index (κ2) is 7.92. The van der Waals surface area contributed by atoms with Gasteiger partial charge in [-0.3, -0.25) is 0 Å². The maximum absolute atomic E-state index is 12.4. The molecule has 0 aromatic heterocycles. The van der Waals surface area contributed by atoms with Gasteiger partial charge in [0.15, 0.2) is 9.84 Å². The SMILES string of the molecule is CC(C=CC1=C(C)CCCC1(C)C)=CCS(=O)(=O)c1ccc(Cl)cc1. The van der Waals surface area contributed by atoms with Crippen molar-refractivity contribution in [2.45, 2.75) is 51.9 Å². The molecule has 1 aliphatic rings. The molecule has 136 valence electrons. The number of hydrogen-bond acceptors (Lipinski definition) is 2. The van der Waals surface area contributed by atoms with E-state index in [9.17, 15) is 8.42 Å². The highest BCUT2D eigenvalue weighted by molar-refractivity contribution is 7.91. The Morgan fingerprint density at radius 3 is 2.48 bits per heavy atom. The molecular weight excluding hydrogens is 352 g/mol. The van der Waals surface area contributed by atoms with Crippen molar-refractivity contribution in [2.75, 3.05) is 5.75 Å². The Balaban J connectivity index is 2.12. The van der Waals surface area contributed by atoms with E-state index in [0.29, 0.717) is 9.92 Å². The number of halogens is 1. The fraction of sp³-hybridized carbons (Fsp3) is 0.429. The minimum absolute atomic E-state index is 0.00771. The van der Waals surface area contributed by atoms with Gasteiger partial charge >= 0.3 is 0 Å². The standard InChI is InChI=1S/C21H27ClO2S/c1-16(7-12-20-17(2)6-5-14-21(20,3)4)13-15-25(23,24)19-10-8-18(22)9-11-19/h7-13H,5-6,14-15H2,1-4H3. The van der Waals surface area contributed by atoms with Gasteiger partial charge in [-0.2, -0.15) is 0 Å². The average molecular weight is 379 g/mol. The van der Waals surface area contributed by atoms with Crippen LogP contribution < -0.4 is 0 Å². The third-order valence-electron chi connectivity index (χ3n) is 4.85. The lowest BCUT2D eigenvalue weighted by atomic mass is 9.72. The van der Waals surface area contributed by atoms with Gasteiger partial charge in [-0.25, -0.2) is 8.42 Å². The van der Waals surface area contributed by atoms with Crippen molar-refractivity contribution >= 4 is 21.4 Å². The summed E-state index contributed by atoms with van der Waals surface area (Å²) in [6.45, 7) is 8.70. The van der Waals surface area contributed by atoms with Crippen molar-refractivity contribution in [3.63, 3.8) is 0 Å². The summed E-state index contributed by atoms with van der Waals surface area (Å²) >= 11 is 5.82. The predicted molar refractivity (Wildman–Crippen MR) is 107 cm³/mol. The molecule has 0 saturated heterocycles. The molecule has 0 unspecified atom stereocenters. The fourth-order valence-electron chi connectivity index (χ4n) is 3.27. The molecule has 0 bridgehead atoms. The van der Waals surface area contributed by atoms with Gasteiger partial charge in [0, 0.05) is 5.02 Å². The lowest BCUT2D eigenvalue weighted by Crippen LogP contribution is -2.19. The molecule has 0 amide bonds. The first-order valence-corrected chi connectivity index (χ1v) is 10.7. The summed E-state index contributed by atoms with van der Waals surface area (Å²) < 4.78 is 24.8. The monoisotopic (exact) mass is 378 g/mol. The molecule has 0 spiro atoms. The number of sulfone groups is 1. The van der Waals surface area contributed by atoms with Crippen molar-refractivity contribution in [3.05, 3.63) is 64.2 Å². The molecule has 1 aliphatic carbocycles. The topological polar surface area (TPSA) is 34.1 Å². The molecule has 0 saturated carbocycles. The third-order valence-corrected chi connectivity index (χ3v) is 6.70. The van der Waals surface area contributed by atoms with E-state index in [1.807, 2.05) is 13.0 Å². The van der Waals surface area contributed by atoms with Crippen LogP contribution in [0.15, 0.2) is 64.1 Å². The highest BCUT2D eigenvalue weighted by atomic mass is 35.5. The zero-order valence-electron chi connectivity index (χ0n) is 15.5. The number of hydrogen-bond donors (Lipinski definition) is 0. The van der Waals surface area contributed by atoms with Gasteiger partial charge in [0.05, 0.1) is 10.6 Å². The second-order valence-corrected chi connectivity index (χ2v) is 9.92. The van der Waals surface area contributed by atoms with Gasteiger partial charge in [-0.1, -0.05) is 54.8 Å². The predicted octanol–water partition coefficient (Wildman–Crippen LogP) is 6.14. The van der Waals surface area contributed by atoms with E-state index in [1.54, 1.807) is 30.3 Å². The lowest BCUT2D eigenvalue weighted by molar-refractivity contribution is 0.377. The van der Waals surface area contributed by atoms with Crippen LogP contribution in [0, 0.1) is 5.41 Å². The Bertz CT molecular complexity index is 810. The average Bonchev–Trinajstić information content (AvgIpc) is 2.52. The summed E-state index contributed by atoms with van der Waals surface area (Å²) in [6.07, 6.45) is 9.55. The quantitative estimate of drug-likeness (QED) is 0.576. The van der Waals surface area contributed by atoms with Crippen LogP contribution in [0.3, 0.4) is 0 Å². The molecule has 0 fully saturated rings. The molecule has 0 radical (unpaired) electrons. The van der Waals surface area contributed by atoms with E-state index < -0.39 is 9.84 Å². The Labute approximate surface area is 157 Å². The Kier molecular flexibility index (Phi) is 6.34. The molecule has 1 aromatic rings. The summed E-state index contributed by atoms with van der Waals surface area (Å²) in [4.78, 5) is 0.303. The van der Waals surface area contributed by atoms with Crippen LogP contribution in [-0.4, -0.2) is 14.2 Å². The van der Waals surface area contributed by atoms with Crippen molar-refractivity contribution in [1.29, 1.82) is 0 Å². The van der Waals surface area contributed by atoms with Crippen LogP contribution >= 0.6 is 11.6 Å². The Hall–Kier alpha value is -1.32. The summed E-state index contributed by atoms with van der Waals surface area (Å²) in [5.74, 6) is -0.00771. The van der Waals surface area contributed by atoms with Crippen LogP contribution in [0.25, 0.3) is 0 Å². The maximum Gasteiger partial charge on any atom is 0.181 e. The zero-order valence-corrected chi connectivity index (χ0v) is 17.0. The van der Waals surface area contributed by atoms with Crippen molar-refractivity contribution in [2.24, 2.45) is 5.41 Å². The second-order valence-electron chi connectivity index (χ2n) is 7.45. The van der Waals surface area contributed by atoms with E-state index in [4.69, 9.17) is 11.6 Å². The molecule has 4 heteroatoms. The Morgan fingerprint density at radius 2 is 1.88 bits per heavy atom. The molecule has 25 heavy (non-hydrogen) atoms. The van der Waals surface area contributed by atoms with Gasteiger partial charge in [0.1, 0.15) is 0 Å². The molecular formula is C21H27ClO2S. The first-order chi connectivity index (χ1) is 11.6. The number of benzene rings is 1. The van der Waals surface area contributed by atoms with E-state index in [-0.39, 0.29) is 11.2 Å². The lowest BCUT2D eigenvalue weighted by Gasteiger charge is -2.32. The first-order valence-electron chi connectivity index (χ1n) is 8.65. The molecule has 2 rings (SSSR count). The molecule has 0 aliphatic heterocycles. The van der Waals surface area contributed by atoms with E-state index in [0.717, 1.165) is 12.0 Å². The third kappa shape index (κ3) is 5.32. The molecule has 2 nitrogen and oxygen atoms in total. The highest BCUT2D eigenvalue weighted by Gasteiger charge is 2.26. The van der Waals surface area contributed by atoms with E-state index >= 15 is 0 Å². The normalized spacial score (nSPS) is 18.8. The first kappa shape index (κ1) is 20.0. The van der Waals surface area contributed by atoms with Crippen molar-refractivity contribution in [1.82, 2.24) is 0 Å². The molecule has 0 N–H and O–H groups in total. The van der Waals surface area contributed by atoms with Crippen LogP contribution in [0.5, 0.6) is 0 Å². The van der Waals surface area contributed by atoms with Crippen LogP contribution in [-0.2, 0) is 9.84 Å². The van der Waals surface area contributed by atoms with Gasteiger partial charge < -0.3 is 0 Å². The van der Waals surface area contributed by atoms with E-state index in [2.05, 4.69) is 26.8 Å². The van der Waals surface area contributed by atoms with Gasteiger partial charge in [-0.05, 0) is 68.4 Å². The van der Waals surface area contributed by atoms with Crippen LogP contribution in [0.4, 0.5) is 0 Å². The minimum atomic E-state index is -3.33. The fourth-order valence-corrected chi connectivity index (χ4v) is 4.62. The van der Waals surface area contributed by atoms with Gasteiger partial charge in [0.25, 0.3) is 0 Å². The smallest absolute Gasteiger partial charge is 0.181 e. The van der Waals surface area contributed by atoms with Crippen molar-refractivity contribution in [3.8, 4) is 0 Å². The molecule has 0 heterocycles. The summed E-state index contributed by atoms with van der Waals surface area (Å²) in [7, 11) is -3.33. The number of allylic oxidation sites excluding steroid dienone is 5. The van der Waals surface area contributed by atoms with E-state index in [1.165, 1.54) is 24.0 Å². The minimum Gasteiger partial charge on any atom is -0.223 e.